The van der Waals surface area contributed by atoms with E-state index in [1.165, 1.54) is 0 Å². The molecular formula is C11H13NO4. The SMILES string of the molecule is O=[N+]([O-])[C@@H]1COC(O)C[C@H]1c1ccccc1. The quantitative estimate of drug-likeness (QED) is 0.603. The van der Waals surface area contributed by atoms with Crippen molar-refractivity contribution in [3.63, 3.8) is 0 Å². The molecule has 5 heteroatoms. The van der Waals surface area contributed by atoms with Gasteiger partial charge < -0.3 is 9.84 Å². The van der Waals surface area contributed by atoms with Crippen molar-refractivity contribution in [3.8, 4) is 0 Å². The molecule has 1 N–H and O–H groups in total. The van der Waals surface area contributed by atoms with Crippen molar-refractivity contribution in [2.75, 3.05) is 6.61 Å². The molecular weight excluding hydrogens is 210 g/mol. The molecule has 86 valence electrons. The number of nitro groups is 1. The van der Waals surface area contributed by atoms with Gasteiger partial charge in [0, 0.05) is 11.3 Å². The maximum absolute atomic E-state index is 10.9. The van der Waals surface area contributed by atoms with Gasteiger partial charge in [-0.25, -0.2) is 0 Å². The second-order valence-corrected chi connectivity index (χ2v) is 3.89. The summed E-state index contributed by atoms with van der Waals surface area (Å²) in [6.45, 7) is -0.0340. The summed E-state index contributed by atoms with van der Waals surface area (Å²) in [7, 11) is 0. The minimum atomic E-state index is -0.901. The third-order valence-electron chi connectivity index (χ3n) is 2.88. The highest BCUT2D eigenvalue weighted by molar-refractivity contribution is 5.21. The first kappa shape index (κ1) is 11.0. The summed E-state index contributed by atoms with van der Waals surface area (Å²) in [5, 5.41) is 20.3. The van der Waals surface area contributed by atoms with E-state index >= 15 is 0 Å². The molecule has 0 radical (unpaired) electrons. The fourth-order valence-electron chi connectivity index (χ4n) is 2.03. The van der Waals surface area contributed by atoms with Crippen LogP contribution in [0.1, 0.15) is 17.9 Å². The molecule has 1 aliphatic heterocycles. The molecule has 1 unspecified atom stereocenters. The van der Waals surface area contributed by atoms with Crippen LogP contribution in [0.2, 0.25) is 0 Å². The summed E-state index contributed by atoms with van der Waals surface area (Å²) in [5.74, 6) is -0.278. The lowest BCUT2D eigenvalue weighted by Crippen LogP contribution is -2.40. The Balaban J connectivity index is 2.24. The van der Waals surface area contributed by atoms with Crippen LogP contribution in [-0.2, 0) is 4.74 Å². The highest BCUT2D eigenvalue weighted by Crippen LogP contribution is 2.30. The Hall–Kier alpha value is -1.46. The van der Waals surface area contributed by atoms with Crippen molar-refractivity contribution < 1.29 is 14.8 Å². The average molecular weight is 223 g/mol. The first-order chi connectivity index (χ1) is 7.68. The molecule has 1 fully saturated rings. The molecule has 5 nitrogen and oxygen atoms in total. The van der Waals surface area contributed by atoms with Gasteiger partial charge in [0.05, 0.1) is 5.92 Å². The van der Waals surface area contributed by atoms with Gasteiger partial charge in [-0.3, -0.25) is 10.1 Å². The molecule has 0 saturated carbocycles. The van der Waals surface area contributed by atoms with Crippen LogP contribution >= 0.6 is 0 Å². The smallest absolute Gasteiger partial charge is 0.243 e. The van der Waals surface area contributed by atoms with Crippen LogP contribution in [0.4, 0.5) is 0 Å². The Morgan fingerprint density at radius 2 is 2.06 bits per heavy atom. The van der Waals surface area contributed by atoms with E-state index in [-0.39, 0.29) is 23.9 Å². The number of aliphatic hydroxyl groups excluding tert-OH is 1. The van der Waals surface area contributed by atoms with Crippen LogP contribution in [0.15, 0.2) is 30.3 Å². The highest BCUT2D eigenvalue weighted by atomic mass is 16.6. The van der Waals surface area contributed by atoms with Gasteiger partial charge in [0.2, 0.25) is 6.04 Å². The molecule has 3 atom stereocenters. The number of hydrogen-bond donors (Lipinski definition) is 1. The molecule has 2 rings (SSSR count). The topological polar surface area (TPSA) is 72.6 Å². The van der Waals surface area contributed by atoms with Gasteiger partial charge in [0.15, 0.2) is 6.29 Å². The Bertz CT molecular complexity index is 368. The van der Waals surface area contributed by atoms with Crippen molar-refractivity contribution in [3.05, 3.63) is 46.0 Å². The van der Waals surface area contributed by atoms with Crippen molar-refractivity contribution in [2.45, 2.75) is 24.7 Å². The molecule has 1 aliphatic rings. The minimum absolute atomic E-state index is 0.0340. The predicted molar refractivity (Wildman–Crippen MR) is 56.5 cm³/mol. The number of hydrogen-bond acceptors (Lipinski definition) is 4. The summed E-state index contributed by atoms with van der Waals surface area (Å²) in [6.07, 6.45) is -0.628. The Kier molecular flexibility index (Phi) is 3.17. The fourth-order valence-corrected chi connectivity index (χ4v) is 2.03. The molecule has 16 heavy (non-hydrogen) atoms. The van der Waals surface area contributed by atoms with Gasteiger partial charge >= 0.3 is 0 Å². The fraction of sp³-hybridized carbons (Fsp3) is 0.455. The predicted octanol–water partition coefficient (Wildman–Crippen LogP) is 1.15. The lowest BCUT2D eigenvalue weighted by Gasteiger charge is -2.29. The van der Waals surface area contributed by atoms with Crippen LogP contribution in [0.25, 0.3) is 0 Å². The van der Waals surface area contributed by atoms with Crippen molar-refractivity contribution >= 4 is 0 Å². The van der Waals surface area contributed by atoms with Crippen LogP contribution < -0.4 is 0 Å². The molecule has 0 spiro atoms. The lowest BCUT2D eigenvalue weighted by molar-refractivity contribution is -0.538. The number of nitrogens with zero attached hydrogens (tertiary/aromatic N) is 1. The van der Waals surface area contributed by atoms with Gasteiger partial charge in [-0.2, -0.15) is 0 Å². The minimum Gasteiger partial charge on any atom is -0.368 e. The summed E-state index contributed by atoms with van der Waals surface area (Å²) in [4.78, 5) is 10.6. The van der Waals surface area contributed by atoms with Crippen LogP contribution in [-0.4, -0.2) is 29.0 Å². The van der Waals surface area contributed by atoms with Gasteiger partial charge in [-0.1, -0.05) is 30.3 Å². The Labute approximate surface area is 92.8 Å². The van der Waals surface area contributed by atoms with E-state index < -0.39 is 12.3 Å². The van der Waals surface area contributed by atoms with Gasteiger partial charge in [-0.15, -0.1) is 0 Å². The molecule has 0 amide bonds. The third kappa shape index (κ3) is 2.20. The zero-order valence-corrected chi connectivity index (χ0v) is 8.65. The van der Waals surface area contributed by atoms with Crippen LogP contribution in [0.5, 0.6) is 0 Å². The maximum Gasteiger partial charge on any atom is 0.243 e. The molecule has 0 aliphatic carbocycles. The van der Waals surface area contributed by atoms with Crippen molar-refractivity contribution in [1.29, 1.82) is 0 Å². The normalized spacial score (nSPS) is 29.9. The summed E-state index contributed by atoms with van der Waals surface area (Å²) in [6, 6.07) is 8.46. The number of ether oxygens (including phenoxy) is 1. The molecule has 0 aromatic heterocycles. The number of benzene rings is 1. The maximum atomic E-state index is 10.9. The zero-order valence-electron chi connectivity index (χ0n) is 8.65. The monoisotopic (exact) mass is 223 g/mol. The second kappa shape index (κ2) is 4.59. The molecule has 1 heterocycles. The average Bonchev–Trinajstić information content (AvgIpc) is 2.29. The molecule has 1 aromatic carbocycles. The first-order valence-electron chi connectivity index (χ1n) is 5.16. The molecule has 0 bridgehead atoms. The van der Waals surface area contributed by atoms with Crippen molar-refractivity contribution in [1.82, 2.24) is 0 Å². The number of rotatable bonds is 2. The highest BCUT2D eigenvalue weighted by Gasteiger charge is 2.39. The van der Waals surface area contributed by atoms with Gasteiger partial charge in [0.25, 0.3) is 0 Å². The van der Waals surface area contributed by atoms with Gasteiger partial charge in [0.1, 0.15) is 6.61 Å². The lowest BCUT2D eigenvalue weighted by atomic mass is 9.87. The number of aliphatic hydroxyl groups is 1. The third-order valence-corrected chi connectivity index (χ3v) is 2.88. The van der Waals surface area contributed by atoms with Crippen molar-refractivity contribution in [2.24, 2.45) is 0 Å². The Morgan fingerprint density at radius 3 is 2.69 bits per heavy atom. The van der Waals surface area contributed by atoms with E-state index in [0.717, 1.165) is 5.56 Å². The van der Waals surface area contributed by atoms with Crippen LogP contribution in [0.3, 0.4) is 0 Å². The van der Waals surface area contributed by atoms with E-state index in [9.17, 15) is 15.2 Å². The zero-order chi connectivity index (χ0) is 11.5. The van der Waals surface area contributed by atoms with E-state index in [0.29, 0.717) is 0 Å². The Morgan fingerprint density at radius 1 is 1.38 bits per heavy atom. The van der Waals surface area contributed by atoms with Crippen LogP contribution in [0, 0.1) is 10.1 Å². The standard InChI is InChI=1S/C11H13NO4/c13-11-6-9(8-4-2-1-3-5-8)10(7-16-11)12(14)15/h1-5,9-11,13H,6-7H2/t9-,10+,11?/m0/s1. The summed E-state index contributed by atoms with van der Waals surface area (Å²) >= 11 is 0. The molecule has 1 aromatic rings. The van der Waals surface area contributed by atoms with E-state index in [1.54, 1.807) is 0 Å². The summed E-state index contributed by atoms with van der Waals surface area (Å²) in [5.41, 5.74) is 0.881. The first-order valence-corrected chi connectivity index (χ1v) is 5.16. The van der Waals surface area contributed by atoms with Gasteiger partial charge in [-0.05, 0) is 5.56 Å². The molecule has 1 saturated heterocycles. The van der Waals surface area contributed by atoms with E-state index in [4.69, 9.17) is 4.74 Å². The second-order valence-electron chi connectivity index (χ2n) is 3.89. The summed E-state index contributed by atoms with van der Waals surface area (Å²) < 4.78 is 4.92. The van der Waals surface area contributed by atoms with E-state index in [2.05, 4.69) is 0 Å². The largest absolute Gasteiger partial charge is 0.368 e. The van der Waals surface area contributed by atoms with E-state index in [1.807, 2.05) is 30.3 Å².